The summed E-state index contributed by atoms with van der Waals surface area (Å²) in [5.41, 5.74) is 0.439. The largest absolute Gasteiger partial charge is 0.381 e. The quantitative estimate of drug-likeness (QED) is 0.890. The molecule has 1 aromatic carbocycles. The lowest BCUT2D eigenvalue weighted by atomic mass is 9.87. The summed E-state index contributed by atoms with van der Waals surface area (Å²) in [6.07, 6.45) is 3.69. The Hall–Kier alpha value is -1.73. The molecule has 0 bridgehead atoms. The van der Waals surface area contributed by atoms with Crippen molar-refractivity contribution in [3.63, 3.8) is 0 Å². The van der Waals surface area contributed by atoms with Crippen LogP contribution in [0.25, 0.3) is 11.0 Å². The molecule has 5 nitrogen and oxygen atoms in total. The van der Waals surface area contributed by atoms with Crippen molar-refractivity contribution in [3.05, 3.63) is 33.7 Å². The van der Waals surface area contributed by atoms with Crippen molar-refractivity contribution in [2.45, 2.75) is 51.1 Å². The molecule has 3 heterocycles. The third-order valence-corrected chi connectivity index (χ3v) is 6.24. The summed E-state index contributed by atoms with van der Waals surface area (Å²) in [5.74, 6) is -1.86. The molecule has 4 rings (SSSR count). The molecule has 0 unspecified atom stereocenters. The first-order valence-electron chi connectivity index (χ1n) is 9.32. The molecule has 2 aliphatic rings. The SMILES string of the molecule is Cc1cc2c([nH]c(=O)n2C2CCN(C3(C)CCOCC3)CC2)c(F)c1F. The van der Waals surface area contributed by atoms with Crippen LogP contribution in [0.15, 0.2) is 10.9 Å². The fraction of sp³-hybridized carbons (Fsp3) is 0.632. The molecule has 0 radical (unpaired) electrons. The van der Waals surface area contributed by atoms with Crippen LogP contribution in [0.1, 0.15) is 44.2 Å². The number of aryl methyl sites for hydroxylation is 1. The number of fused-ring (bicyclic) bond motifs is 1. The number of aromatic amines is 1. The van der Waals surface area contributed by atoms with Crippen molar-refractivity contribution in [2.75, 3.05) is 26.3 Å². The zero-order chi connectivity index (χ0) is 18.5. The smallest absolute Gasteiger partial charge is 0.326 e. The highest BCUT2D eigenvalue weighted by Gasteiger charge is 2.36. The first-order valence-corrected chi connectivity index (χ1v) is 9.32. The third-order valence-electron chi connectivity index (χ3n) is 6.24. The third kappa shape index (κ3) is 2.77. The van der Waals surface area contributed by atoms with Gasteiger partial charge in [-0.05, 0) is 51.2 Å². The second-order valence-electron chi connectivity index (χ2n) is 7.84. The Morgan fingerprint density at radius 3 is 2.50 bits per heavy atom. The summed E-state index contributed by atoms with van der Waals surface area (Å²) < 4.78 is 35.1. The van der Waals surface area contributed by atoms with E-state index in [0.29, 0.717) is 5.52 Å². The molecule has 2 aromatic rings. The standard InChI is InChI=1S/C19H25F2N3O2/c1-12-11-14-17(16(21)15(12)20)22-18(25)24(14)13-3-7-23(8-4-13)19(2)5-9-26-10-6-19/h11,13H,3-10H2,1-2H3,(H,22,25). The summed E-state index contributed by atoms with van der Waals surface area (Å²) >= 11 is 0. The van der Waals surface area contributed by atoms with Crippen molar-refractivity contribution in [1.29, 1.82) is 0 Å². The zero-order valence-electron chi connectivity index (χ0n) is 15.3. The van der Waals surface area contributed by atoms with E-state index >= 15 is 0 Å². The summed E-state index contributed by atoms with van der Waals surface area (Å²) in [6, 6.07) is 1.57. The van der Waals surface area contributed by atoms with Crippen LogP contribution in [0.2, 0.25) is 0 Å². The minimum Gasteiger partial charge on any atom is -0.381 e. The van der Waals surface area contributed by atoms with Crippen LogP contribution in [0.4, 0.5) is 8.78 Å². The van der Waals surface area contributed by atoms with Gasteiger partial charge in [-0.3, -0.25) is 9.47 Å². The number of H-pyrrole nitrogens is 1. The monoisotopic (exact) mass is 365 g/mol. The van der Waals surface area contributed by atoms with Gasteiger partial charge in [0.05, 0.1) is 5.52 Å². The molecule has 142 valence electrons. The van der Waals surface area contributed by atoms with Gasteiger partial charge in [0.2, 0.25) is 0 Å². The molecular weight excluding hydrogens is 340 g/mol. The summed E-state index contributed by atoms with van der Waals surface area (Å²) in [4.78, 5) is 17.4. The Labute approximate surface area is 150 Å². The molecule has 2 aliphatic heterocycles. The molecule has 0 spiro atoms. The zero-order valence-corrected chi connectivity index (χ0v) is 15.3. The number of hydrogen-bond acceptors (Lipinski definition) is 3. The first-order chi connectivity index (χ1) is 12.4. The van der Waals surface area contributed by atoms with E-state index in [2.05, 4.69) is 16.8 Å². The van der Waals surface area contributed by atoms with Crippen molar-refractivity contribution in [1.82, 2.24) is 14.5 Å². The van der Waals surface area contributed by atoms with Gasteiger partial charge in [0.25, 0.3) is 0 Å². The van der Waals surface area contributed by atoms with Gasteiger partial charge in [0.15, 0.2) is 11.6 Å². The van der Waals surface area contributed by atoms with Crippen LogP contribution in [-0.2, 0) is 4.74 Å². The fourth-order valence-corrected chi connectivity index (χ4v) is 4.48. The van der Waals surface area contributed by atoms with Crippen LogP contribution in [0.5, 0.6) is 0 Å². The van der Waals surface area contributed by atoms with Gasteiger partial charge in [-0.1, -0.05) is 0 Å². The van der Waals surface area contributed by atoms with Crippen molar-refractivity contribution < 1.29 is 13.5 Å². The number of likely N-dealkylation sites (tertiary alicyclic amines) is 1. The van der Waals surface area contributed by atoms with Gasteiger partial charge >= 0.3 is 5.69 Å². The first kappa shape index (κ1) is 17.7. The molecular formula is C19H25F2N3O2. The van der Waals surface area contributed by atoms with Gasteiger partial charge in [-0.15, -0.1) is 0 Å². The van der Waals surface area contributed by atoms with Gasteiger partial charge in [-0.25, -0.2) is 13.6 Å². The number of aromatic nitrogens is 2. The molecule has 0 amide bonds. The Bertz CT molecular complexity index is 875. The molecule has 0 aliphatic carbocycles. The second-order valence-corrected chi connectivity index (χ2v) is 7.84. The van der Waals surface area contributed by atoms with Crippen molar-refractivity contribution in [3.8, 4) is 0 Å². The second kappa shape index (κ2) is 6.46. The molecule has 0 atom stereocenters. The van der Waals surface area contributed by atoms with E-state index in [1.165, 1.54) is 6.92 Å². The number of ether oxygens (including phenoxy) is 1. The number of benzene rings is 1. The summed E-state index contributed by atoms with van der Waals surface area (Å²) in [5, 5.41) is 0. The van der Waals surface area contributed by atoms with E-state index in [4.69, 9.17) is 4.74 Å². The van der Waals surface area contributed by atoms with Crippen LogP contribution in [-0.4, -0.2) is 46.3 Å². The van der Waals surface area contributed by atoms with E-state index in [-0.39, 0.29) is 28.4 Å². The van der Waals surface area contributed by atoms with Crippen LogP contribution < -0.4 is 5.69 Å². The van der Waals surface area contributed by atoms with Gasteiger partial charge in [0.1, 0.15) is 5.52 Å². The Balaban J connectivity index is 1.60. The highest BCUT2D eigenvalue weighted by Crippen LogP contribution is 2.34. The maximum Gasteiger partial charge on any atom is 0.326 e. The number of nitrogens with one attached hydrogen (secondary N) is 1. The lowest BCUT2D eigenvalue weighted by Gasteiger charge is -2.47. The maximum absolute atomic E-state index is 14.2. The van der Waals surface area contributed by atoms with E-state index in [1.54, 1.807) is 10.6 Å². The lowest BCUT2D eigenvalue weighted by Crippen LogP contribution is -2.53. The normalized spacial score (nSPS) is 22.2. The van der Waals surface area contributed by atoms with Gasteiger partial charge < -0.3 is 9.72 Å². The number of halogens is 2. The van der Waals surface area contributed by atoms with Crippen LogP contribution in [0.3, 0.4) is 0 Å². The van der Waals surface area contributed by atoms with E-state index in [1.807, 2.05) is 0 Å². The average molecular weight is 365 g/mol. The molecule has 2 fully saturated rings. The molecule has 0 saturated carbocycles. The summed E-state index contributed by atoms with van der Waals surface area (Å²) in [7, 11) is 0. The fourth-order valence-electron chi connectivity index (χ4n) is 4.48. The molecule has 26 heavy (non-hydrogen) atoms. The van der Waals surface area contributed by atoms with Gasteiger partial charge in [-0.2, -0.15) is 0 Å². The van der Waals surface area contributed by atoms with Crippen molar-refractivity contribution >= 4 is 11.0 Å². The number of piperidine rings is 1. The molecule has 7 heteroatoms. The maximum atomic E-state index is 14.2. The predicted octanol–water partition coefficient (Wildman–Crippen LogP) is 3.12. The van der Waals surface area contributed by atoms with E-state index < -0.39 is 11.6 Å². The van der Waals surface area contributed by atoms with Gasteiger partial charge in [0, 0.05) is 37.9 Å². The Morgan fingerprint density at radius 2 is 1.85 bits per heavy atom. The van der Waals surface area contributed by atoms with Crippen LogP contribution >= 0.6 is 0 Å². The lowest BCUT2D eigenvalue weighted by molar-refractivity contribution is -0.0312. The number of hydrogen-bond donors (Lipinski definition) is 1. The highest BCUT2D eigenvalue weighted by molar-refractivity contribution is 5.77. The van der Waals surface area contributed by atoms with E-state index in [9.17, 15) is 13.6 Å². The Kier molecular flexibility index (Phi) is 4.39. The number of rotatable bonds is 2. The number of imidazole rings is 1. The molecule has 1 N–H and O–H groups in total. The minimum atomic E-state index is -0.969. The molecule has 2 saturated heterocycles. The topological polar surface area (TPSA) is 50.3 Å². The number of nitrogens with zero attached hydrogens (tertiary/aromatic N) is 2. The van der Waals surface area contributed by atoms with Crippen molar-refractivity contribution in [2.24, 2.45) is 0 Å². The predicted molar refractivity (Wildman–Crippen MR) is 95.5 cm³/mol. The molecule has 1 aromatic heterocycles. The van der Waals surface area contributed by atoms with Crippen LogP contribution in [0, 0.1) is 18.6 Å². The highest BCUT2D eigenvalue weighted by atomic mass is 19.2. The Morgan fingerprint density at radius 1 is 1.19 bits per heavy atom. The summed E-state index contributed by atoms with van der Waals surface area (Å²) in [6.45, 7) is 7.18. The minimum absolute atomic E-state index is 0.000187. The average Bonchev–Trinajstić information content (AvgIpc) is 2.97. The van der Waals surface area contributed by atoms with E-state index in [0.717, 1.165) is 52.0 Å².